The van der Waals surface area contributed by atoms with Crippen LogP contribution in [0.15, 0.2) is 34.6 Å². The van der Waals surface area contributed by atoms with Crippen LogP contribution < -0.4 is 0 Å². The maximum atomic E-state index is 9.77. The monoisotopic (exact) mass is 761 g/mol. The average Bonchev–Trinajstić information content (AvgIpc) is 3.17. The number of nitrogens with zero attached hydrogens (tertiary/aromatic N) is 3. The Balaban J connectivity index is 4.20. The Morgan fingerprint density at radius 1 is 0.481 bits per heavy atom. The molecule has 316 valence electrons. The molecular formula is C46H91BN3O4+. The van der Waals surface area contributed by atoms with Gasteiger partial charge in [0.25, 0.3) is 0 Å². The number of hydrogen-bond donors (Lipinski definition) is 2. The van der Waals surface area contributed by atoms with Crippen LogP contribution in [0.1, 0.15) is 220 Å². The fourth-order valence-electron chi connectivity index (χ4n) is 7.09. The number of likely N-dealkylation sites (N-methyl/N-ethyl adjacent to an activating group) is 1. The zero-order valence-corrected chi connectivity index (χ0v) is 36.4. The maximum Gasteiger partial charge on any atom is 0.511 e. The second-order valence-electron chi connectivity index (χ2n) is 15.9. The van der Waals surface area contributed by atoms with Crippen molar-refractivity contribution in [2.24, 2.45) is 10.3 Å². The van der Waals surface area contributed by atoms with Crippen LogP contribution in [0.4, 0.5) is 0 Å². The number of quaternary nitrogens is 1. The van der Waals surface area contributed by atoms with Crippen LogP contribution in [-0.2, 0) is 9.68 Å². The zero-order chi connectivity index (χ0) is 39.5. The highest BCUT2D eigenvalue weighted by Gasteiger charge is 2.34. The van der Waals surface area contributed by atoms with Gasteiger partial charge < -0.3 is 24.2 Å². The second-order valence-corrected chi connectivity index (χ2v) is 15.9. The van der Waals surface area contributed by atoms with Crippen molar-refractivity contribution in [2.75, 3.05) is 32.7 Å². The molecule has 0 spiro atoms. The molecule has 0 bridgehead atoms. The Morgan fingerprint density at radius 2 is 0.833 bits per heavy atom. The van der Waals surface area contributed by atoms with Crippen molar-refractivity contribution in [1.29, 1.82) is 0 Å². The Bertz CT molecular complexity index is 863. The van der Waals surface area contributed by atoms with Crippen LogP contribution in [0.25, 0.3) is 0 Å². The number of hydrogen-bond acceptors (Lipinski definition) is 6. The lowest BCUT2D eigenvalue weighted by molar-refractivity contribution is -0.919. The van der Waals surface area contributed by atoms with Gasteiger partial charge in [-0.05, 0) is 90.9 Å². The summed E-state index contributed by atoms with van der Waals surface area (Å²) < 4.78 is 0.519. The van der Waals surface area contributed by atoms with E-state index in [1.807, 2.05) is 12.4 Å². The van der Waals surface area contributed by atoms with E-state index in [0.717, 1.165) is 45.2 Å². The molecule has 1 unspecified atom stereocenters. The van der Waals surface area contributed by atoms with Gasteiger partial charge in [-0.2, -0.15) is 0 Å². The summed E-state index contributed by atoms with van der Waals surface area (Å²) >= 11 is 0. The first-order valence-electron chi connectivity index (χ1n) is 23.4. The quantitative estimate of drug-likeness (QED) is 0.0162. The van der Waals surface area contributed by atoms with Gasteiger partial charge in [0.15, 0.2) is 6.61 Å². The molecule has 0 amide bonds. The highest BCUT2D eigenvalue weighted by molar-refractivity contribution is 6.40. The summed E-state index contributed by atoms with van der Waals surface area (Å²) in [7, 11) is -1.37. The lowest BCUT2D eigenvalue weighted by Gasteiger charge is -2.38. The largest absolute Gasteiger partial charge is 0.511 e. The van der Waals surface area contributed by atoms with Gasteiger partial charge in [-0.25, -0.2) is 0 Å². The van der Waals surface area contributed by atoms with E-state index in [2.05, 4.69) is 62.3 Å². The first-order chi connectivity index (χ1) is 26.5. The first kappa shape index (κ1) is 52.4. The molecule has 8 heteroatoms. The number of allylic oxidation sites excluding steroid dienone is 4. The van der Waals surface area contributed by atoms with Gasteiger partial charge >= 0.3 is 7.12 Å². The number of oxime groups is 2. The van der Waals surface area contributed by atoms with Crippen LogP contribution in [0, 0.1) is 0 Å². The summed E-state index contributed by atoms with van der Waals surface area (Å²) in [5, 5.41) is 28.0. The van der Waals surface area contributed by atoms with Crippen molar-refractivity contribution in [1.82, 2.24) is 0 Å². The summed E-state index contributed by atoms with van der Waals surface area (Å²) in [6.45, 7) is 11.1. The van der Waals surface area contributed by atoms with Gasteiger partial charge in [-0.1, -0.05) is 164 Å². The van der Waals surface area contributed by atoms with E-state index >= 15 is 0 Å². The van der Waals surface area contributed by atoms with Crippen LogP contribution in [-0.4, -0.2) is 72.9 Å². The molecule has 1 atom stereocenters. The molecule has 0 radical (unpaired) electrons. The number of unbranched alkanes of at least 4 members (excludes halogenated alkanes) is 26. The van der Waals surface area contributed by atoms with Crippen molar-refractivity contribution >= 4 is 19.5 Å². The SMILES string of the molecule is CCCCCCCCCCC/C=C\CCCCC/C=N/OCC(C[N+](CC)(CC)CB(O)O)O/N=C/CCCCC/C=C\CCCCCCCCCCC. The molecule has 2 N–H and O–H groups in total. The molecule has 0 aromatic carbocycles. The zero-order valence-electron chi connectivity index (χ0n) is 36.4. The van der Waals surface area contributed by atoms with Gasteiger partial charge in [0.1, 0.15) is 13.0 Å². The Labute approximate surface area is 336 Å². The first-order valence-corrected chi connectivity index (χ1v) is 23.4. The van der Waals surface area contributed by atoms with Gasteiger partial charge in [-0.3, -0.25) is 0 Å². The summed E-state index contributed by atoms with van der Waals surface area (Å²) in [6.07, 6.45) is 51.8. The van der Waals surface area contributed by atoms with Crippen molar-refractivity contribution < 1.29 is 24.2 Å². The molecule has 0 rings (SSSR count). The molecule has 0 aromatic rings. The lowest BCUT2D eigenvalue weighted by Crippen LogP contribution is -2.57. The van der Waals surface area contributed by atoms with E-state index in [-0.39, 0.29) is 19.2 Å². The Hall–Kier alpha value is -1.64. The number of rotatable bonds is 43. The smallest absolute Gasteiger partial charge is 0.423 e. The standard InChI is InChI=1S/C46H91BN3O4/c1-5-9-11-13-15-17-19-21-23-25-27-29-31-33-35-37-39-41-48-53-44-46(43-50(7-3,8-4)45-47(51)52)54-49-42-40-38-36-34-32-30-28-26-24-22-20-18-16-14-12-10-6-2/h27-30,41-42,46,51-52H,5-26,31-40,43-45H2,1-4H3/q+1/b29-27-,30-28-,48-41+,49-42+. The van der Waals surface area contributed by atoms with E-state index in [1.54, 1.807) is 0 Å². The Kier molecular flexibility index (Phi) is 41.2. The average molecular weight is 761 g/mol. The molecular weight excluding hydrogens is 669 g/mol. The molecule has 0 aromatic heterocycles. The highest BCUT2D eigenvalue weighted by Crippen LogP contribution is 2.14. The third kappa shape index (κ3) is 37.3. The summed E-state index contributed by atoms with van der Waals surface area (Å²) in [5.74, 6) is 0. The molecule has 0 aliphatic rings. The van der Waals surface area contributed by atoms with Gasteiger partial charge in [-0.15, -0.1) is 0 Å². The van der Waals surface area contributed by atoms with E-state index in [4.69, 9.17) is 9.68 Å². The fourth-order valence-corrected chi connectivity index (χ4v) is 7.09. The molecule has 7 nitrogen and oxygen atoms in total. The van der Waals surface area contributed by atoms with Crippen molar-refractivity contribution in [2.45, 2.75) is 226 Å². The predicted molar refractivity (Wildman–Crippen MR) is 237 cm³/mol. The van der Waals surface area contributed by atoms with Crippen LogP contribution in [0.2, 0.25) is 0 Å². The van der Waals surface area contributed by atoms with Gasteiger partial charge in [0.05, 0.1) is 13.1 Å². The van der Waals surface area contributed by atoms with E-state index in [0.29, 0.717) is 11.0 Å². The molecule has 0 saturated carbocycles. The van der Waals surface area contributed by atoms with E-state index in [1.165, 1.54) is 161 Å². The van der Waals surface area contributed by atoms with Crippen molar-refractivity contribution in [3.8, 4) is 0 Å². The minimum Gasteiger partial charge on any atom is -0.423 e. The second kappa shape index (κ2) is 42.5. The third-order valence-corrected chi connectivity index (χ3v) is 10.9. The molecule has 0 aliphatic heterocycles. The maximum absolute atomic E-state index is 9.77. The molecule has 0 saturated heterocycles. The molecule has 0 fully saturated rings. The van der Waals surface area contributed by atoms with Crippen LogP contribution in [0.3, 0.4) is 0 Å². The van der Waals surface area contributed by atoms with Gasteiger partial charge in [0.2, 0.25) is 6.10 Å². The van der Waals surface area contributed by atoms with Gasteiger partial charge in [0, 0.05) is 12.4 Å². The molecule has 0 aliphatic carbocycles. The predicted octanol–water partition coefficient (Wildman–Crippen LogP) is 13.1. The third-order valence-electron chi connectivity index (χ3n) is 10.9. The Morgan fingerprint density at radius 3 is 1.22 bits per heavy atom. The van der Waals surface area contributed by atoms with Crippen LogP contribution >= 0.6 is 0 Å². The molecule has 54 heavy (non-hydrogen) atoms. The molecule has 0 heterocycles. The normalized spacial score (nSPS) is 13.0. The summed E-state index contributed by atoms with van der Waals surface area (Å²) in [5.41, 5.74) is 0. The minimum absolute atomic E-state index is 0.252. The van der Waals surface area contributed by atoms with Crippen LogP contribution in [0.5, 0.6) is 0 Å². The topological polar surface area (TPSA) is 83.6 Å². The van der Waals surface area contributed by atoms with Crippen molar-refractivity contribution in [3.05, 3.63) is 24.3 Å². The minimum atomic E-state index is -1.37. The highest BCUT2D eigenvalue weighted by atomic mass is 16.7. The summed E-state index contributed by atoms with van der Waals surface area (Å²) in [4.78, 5) is 11.6. The van der Waals surface area contributed by atoms with E-state index < -0.39 is 7.12 Å². The summed E-state index contributed by atoms with van der Waals surface area (Å²) in [6, 6.07) is 0. The van der Waals surface area contributed by atoms with Crippen molar-refractivity contribution in [3.63, 3.8) is 0 Å². The fraction of sp³-hybridized carbons (Fsp3) is 0.870. The lowest BCUT2D eigenvalue weighted by atomic mass is 9.89. The van der Waals surface area contributed by atoms with E-state index in [9.17, 15) is 10.0 Å².